The van der Waals surface area contributed by atoms with E-state index in [1.165, 1.54) is 6.07 Å². The second kappa shape index (κ2) is 6.33. The van der Waals surface area contributed by atoms with E-state index in [4.69, 9.17) is 9.47 Å². The number of nitro groups is 1. The Morgan fingerprint density at radius 1 is 1.53 bits per heavy atom. The van der Waals surface area contributed by atoms with E-state index in [9.17, 15) is 10.1 Å². The number of nitrogens with one attached hydrogen (secondary N) is 1. The first-order chi connectivity index (χ1) is 9.20. The van der Waals surface area contributed by atoms with Gasteiger partial charge >= 0.3 is 5.69 Å². The van der Waals surface area contributed by atoms with E-state index in [1.54, 1.807) is 6.07 Å². The van der Waals surface area contributed by atoms with Crippen molar-refractivity contribution in [2.45, 2.75) is 25.9 Å². The van der Waals surface area contributed by atoms with Gasteiger partial charge in [0, 0.05) is 25.5 Å². The molecule has 0 aromatic carbocycles. The lowest BCUT2D eigenvalue weighted by molar-refractivity contribution is -0.386. The maximum Gasteiger partial charge on any atom is 0.331 e. The van der Waals surface area contributed by atoms with Crippen LogP contribution in [0.25, 0.3) is 0 Å². The fourth-order valence-electron chi connectivity index (χ4n) is 1.89. The third-order valence-electron chi connectivity index (χ3n) is 2.84. The highest BCUT2D eigenvalue weighted by Crippen LogP contribution is 2.28. The number of rotatable bonds is 5. The minimum atomic E-state index is -0.475. The van der Waals surface area contributed by atoms with E-state index in [2.05, 4.69) is 10.3 Å². The van der Waals surface area contributed by atoms with Crippen LogP contribution in [0.3, 0.4) is 0 Å². The summed E-state index contributed by atoms with van der Waals surface area (Å²) >= 11 is 0. The molecule has 0 amide bonds. The molecule has 1 N–H and O–H groups in total. The third kappa shape index (κ3) is 3.54. The number of aromatic nitrogens is 1. The quantitative estimate of drug-likeness (QED) is 0.648. The maximum absolute atomic E-state index is 11.0. The highest BCUT2D eigenvalue weighted by atomic mass is 16.6. The molecule has 1 fully saturated rings. The molecule has 104 valence electrons. The minimum Gasteiger partial charge on any atom is -0.469 e. The monoisotopic (exact) mass is 267 g/mol. The van der Waals surface area contributed by atoms with Crippen molar-refractivity contribution < 1.29 is 14.4 Å². The second-order valence-corrected chi connectivity index (χ2v) is 4.24. The van der Waals surface area contributed by atoms with Gasteiger partial charge in [-0.15, -0.1) is 0 Å². The summed E-state index contributed by atoms with van der Waals surface area (Å²) in [4.78, 5) is 14.7. The molecule has 0 unspecified atom stereocenters. The topological polar surface area (TPSA) is 86.5 Å². The Balaban J connectivity index is 2.18. The molecular formula is C12H17N3O4. The molecule has 0 bridgehead atoms. The average molecular weight is 267 g/mol. The number of anilines is 1. The van der Waals surface area contributed by atoms with Gasteiger partial charge in [-0.2, -0.15) is 4.98 Å². The van der Waals surface area contributed by atoms with Crippen LogP contribution < -0.4 is 10.1 Å². The Kier molecular flexibility index (Phi) is 4.51. The molecule has 0 atom stereocenters. The standard InChI is InChI=1S/C12H17N3O4/c1-2-13-11-4-3-10(15(16)17)12(14-11)19-9-5-7-18-8-6-9/h3-4,9H,2,5-8H2,1H3,(H,13,14). The Bertz CT molecular complexity index is 447. The van der Waals surface area contributed by atoms with Gasteiger partial charge in [0.1, 0.15) is 11.9 Å². The SMILES string of the molecule is CCNc1ccc([N+](=O)[O-])c(OC2CCOCC2)n1. The van der Waals surface area contributed by atoms with Gasteiger partial charge in [-0.25, -0.2) is 0 Å². The number of nitrogens with zero attached hydrogens (tertiary/aromatic N) is 2. The maximum atomic E-state index is 11.0. The molecule has 0 radical (unpaired) electrons. The van der Waals surface area contributed by atoms with Crippen LogP contribution in [0.2, 0.25) is 0 Å². The molecule has 2 heterocycles. The zero-order valence-electron chi connectivity index (χ0n) is 10.8. The van der Waals surface area contributed by atoms with Gasteiger partial charge in [0.2, 0.25) is 0 Å². The first-order valence-corrected chi connectivity index (χ1v) is 6.34. The highest BCUT2D eigenvalue weighted by molar-refractivity contribution is 5.49. The number of hydrogen-bond donors (Lipinski definition) is 1. The van der Waals surface area contributed by atoms with E-state index >= 15 is 0 Å². The summed E-state index contributed by atoms with van der Waals surface area (Å²) in [6, 6.07) is 3.00. The van der Waals surface area contributed by atoms with Crippen molar-refractivity contribution in [3.63, 3.8) is 0 Å². The van der Waals surface area contributed by atoms with Crippen molar-refractivity contribution in [1.82, 2.24) is 4.98 Å². The zero-order valence-corrected chi connectivity index (χ0v) is 10.8. The van der Waals surface area contributed by atoms with Gasteiger partial charge in [0.25, 0.3) is 5.88 Å². The van der Waals surface area contributed by atoms with Gasteiger partial charge in [0.05, 0.1) is 18.1 Å². The smallest absolute Gasteiger partial charge is 0.331 e. The predicted octanol–water partition coefficient (Wildman–Crippen LogP) is 1.98. The van der Waals surface area contributed by atoms with Crippen molar-refractivity contribution in [3.05, 3.63) is 22.2 Å². The molecule has 1 aromatic heterocycles. The Labute approximate surface area is 111 Å². The largest absolute Gasteiger partial charge is 0.469 e. The molecule has 0 saturated carbocycles. The van der Waals surface area contributed by atoms with Crippen LogP contribution in [0.1, 0.15) is 19.8 Å². The van der Waals surface area contributed by atoms with E-state index in [0.29, 0.717) is 25.6 Å². The van der Waals surface area contributed by atoms with Crippen LogP contribution >= 0.6 is 0 Å². The van der Waals surface area contributed by atoms with E-state index < -0.39 is 4.92 Å². The molecule has 0 spiro atoms. The summed E-state index contributed by atoms with van der Waals surface area (Å²) in [5.74, 6) is 0.658. The van der Waals surface area contributed by atoms with Gasteiger partial charge in [-0.3, -0.25) is 10.1 Å². The first-order valence-electron chi connectivity index (χ1n) is 6.34. The third-order valence-corrected chi connectivity index (χ3v) is 2.84. The van der Waals surface area contributed by atoms with Crippen molar-refractivity contribution in [2.24, 2.45) is 0 Å². The van der Waals surface area contributed by atoms with Gasteiger partial charge in [-0.05, 0) is 13.0 Å². The number of hydrogen-bond acceptors (Lipinski definition) is 6. The molecule has 1 saturated heterocycles. The number of ether oxygens (including phenoxy) is 2. The lowest BCUT2D eigenvalue weighted by Crippen LogP contribution is -2.26. The molecule has 1 aliphatic heterocycles. The van der Waals surface area contributed by atoms with Gasteiger partial charge in [-0.1, -0.05) is 0 Å². The summed E-state index contributed by atoms with van der Waals surface area (Å²) in [6.07, 6.45) is 1.38. The van der Waals surface area contributed by atoms with Crippen molar-refractivity contribution in [2.75, 3.05) is 25.1 Å². The lowest BCUT2D eigenvalue weighted by Gasteiger charge is -2.22. The molecule has 7 heteroatoms. The molecular weight excluding hydrogens is 250 g/mol. The average Bonchev–Trinajstić information content (AvgIpc) is 2.40. The Morgan fingerprint density at radius 2 is 2.26 bits per heavy atom. The van der Waals surface area contributed by atoms with E-state index in [-0.39, 0.29) is 17.7 Å². The van der Waals surface area contributed by atoms with Crippen LogP contribution in [0.5, 0.6) is 5.88 Å². The first kappa shape index (κ1) is 13.5. The zero-order chi connectivity index (χ0) is 13.7. The summed E-state index contributed by atoms with van der Waals surface area (Å²) in [5.41, 5.74) is -0.104. The molecule has 1 aliphatic rings. The Hall–Kier alpha value is -1.89. The summed E-state index contributed by atoms with van der Waals surface area (Å²) < 4.78 is 10.9. The van der Waals surface area contributed by atoms with Gasteiger partial charge in [0.15, 0.2) is 0 Å². The Morgan fingerprint density at radius 3 is 2.89 bits per heavy atom. The molecule has 0 aliphatic carbocycles. The molecule has 2 rings (SSSR count). The van der Waals surface area contributed by atoms with Crippen molar-refractivity contribution in [3.8, 4) is 5.88 Å². The van der Waals surface area contributed by atoms with Crippen LogP contribution in [-0.2, 0) is 4.74 Å². The summed E-state index contributed by atoms with van der Waals surface area (Å²) in [6.45, 7) is 3.86. The summed E-state index contributed by atoms with van der Waals surface area (Å²) in [5, 5.41) is 14.0. The molecule has 1 aromatic rings. The van der Waals surface area contributed by atoms with Crippen LogP contribution in [-0.4, -0.2) is 35.8 Å². The van der Waals surface area contributed by atoms with Gasteiger partial charge < -0.3 is 14.8 Å². The second-order valence-electron chi connectivity index (χ2n) is 4.24. The normalized spacial score (nSPS) is 16.1. The summed E-state index contributed by atoms with van der Waals surface area (Å²) in [7, 11) is 0. The molecule has 7 nitrogen and oxygen atoms in total. The fourth-order valence-corrected chi connectivity index (χ4v) is 1.89. The van der Waals surface area contributed by atoms with Crippen LogP contribution in [0.4, 0.5) is 11.5 Å². The van der Waals surface area contributed by atoms with Crippen LogP contribution in [0.15, 0.2) is 12.1 Å². The molecule has 19 heavy (non-hydrogen) atoms. The minimum absolute atomic E-state index is 0.0724. The fraction of sp³-hybridized carbons (Fsp3) is 0.583. The van der Waals surface area contributed by atoms with Crippen molar-refractivity contribution in [1.29, 1.82) is 0 Å². The number of pyridine rings is 1. The predicted molar refractivity (Wildman–Crippen MR) is 69.5 cm³/mol. The van der Waals surface area contributed by atoms with E-state index in [0.717, 1.165) is 12.8 Å². The van der Waals surface area contributed by atoms with Crippen LogP contribution in [0, 0.1) is 10.1 Å². The lowest BCUT2D eigenvalue weighted by atomic mass is 10.1. The highest BCUT2D eigenvalue weighted by Gasteiger charge is 2.23. The van der Waals surface area contributed by atoms with Crippen molar-refractivity contribution >= 4 is 11.5 Å². The van der Waals surface area contributed by atoms with E-state index in [1.807, 2.05) is 6.92 Å².